The highest BCUT2D eigenvalue weighted by atomic mass is 16.5. The molecule has 1 rings (SSSR count). The lowest BCUT2D eigenvalue weighted by molar-refractivity contribution is -0.142. The molecule has 4 heteroatoms. The molecule has 0 heterocycles. The number of hydrogen-bond acceptors (Lipinski definition) is 3. The Balaban J connectivity index is 2.77. The van der Waals surface area contributed by atoms with Crippen molar-refractivity contribution in [3.63, 3.8) is 0 Å². The molecule has 0 spiro atoms. The maximum absolute atomic E-state index is 10.8. The summed E-state index contributed by atoms with van der Waals surface area (Å²) in [6, 6.07) is -0.133. The fraction of sp³-hybridized carbons (Fsp3) is 0.900. The van der Waals surface area contributed by atoms with Crippen LogP contribution >= 0.6 is 0 Å². The van der Waals surface area contributed by atoms with Crippen LogP contribution in [-0.2, 0) is 9.53 Å². The normalized spacial score (nSPS) is 22.8. The summed E-state index contributed by atoms with van der Waals surface area (Å²) in [6.45, 7) is 2.32. The zero-order valence-electron chi connectivity index (χ0n) is 8.82. The van der Waals surface area contributed by atoms with Gasteiger partial charge >= 0.3 is 5.97 Å². The third kappa shape index (κ3) is 2.25. The van der Waals surface area contributed by atoms with Crippen molar-refractivity contribution in [2.75, 3.05) is 13.7 Å². The lowest BCUT2D eigenvalue weighted by atomic mass is 9.74. The minimum absolute atomic E-state index is 0.114. The fourth-order valence-electron chi connectivity index (χ4n) is 2.19. The van der Waals surface area contributed by atoms with Crippen LogP contribution in [0.1, 0.15) is 26.2 Å². The van der Waals surface area contributed by atoms with Crippen LogP contribution in [0.2, 0.25) is 0 Å². The summed E-state index contributed by atoms with van der Waals surface area (Å²) in [5.74, 6) is -0.357. The Morgan fingerprint density at radius 2 is 2.29 bits per heavy atom. The Hall–Kier alpha value is -0.610. The second kappa shape index (κ2) is 4.28. The molecule has 0 amide bonds. The van der Waals surface area contributed by atoms with Crippen molar-refractivity contribution in [1.82, 2.24) is 0 Å². The van der Waals surface area contributed by atoms with Gasteiger partial charge in [0.2, 0.25) is 0 Å². The summed E-state index contributed by atoms with van der Waals surface area (Å²) in [4.78, 5) is 10.8. The van der Waals surface area contributed by atoms with Gasteiger partial charge in [0.15, 0.2) is 0 Å². The van der Waals surface area contributed by atoms with E-state index in [0.29, 0.717) is 12.5 Å². The monoisotopic (exact) mass is 201 g/mol. The Kier molecular flexibility index (Phi) is 3.50. The average molecular weight is 201 g/mol. The molecular formula is C10H19NO3. The van der Waals surface area contributed by atoms with Crippen LogP contribution in [0.25, 0.3) is 0 Å². The molecule has 0 aromatic heterocycles. The molecule has 0 aromatic carbocycles. The van der Waals surface area contributed by atoms with Crippen molar-refractivity contribution >= 4 is 5.97 Å². The van der Waals surface area contributed by atoms with Crippen molar-refractivity contribution < 1.29 is 14.6 Å². The topological polar surface area (TPSA) is 72.5 Å². The highest BCUT2D eigenvalue weighted by Gasteiger charge is 2.49. The predicted octanol–water partition coefficient (Wildman–Crippen LogP) is 0.851. The van der Waals surface area contributed by atoms with Gasteiger partial charge in [-0.25, -0.2) is 0 Å². The molecule has 1 aliphatic carbocycles. The molecule has 3 N–H and O–H groups in total. The second-order valence-corrected chi connectivity index (χ2v) is 4.30. The van der Waals surface area contributed by atoms with Gasteiger partial charge in [0.25, 0.3) is 0 Å². The maximum atomic E-state index is 10.8. The van der Waals surface area contributed by atoms with E-state index in [2.05, 4.69) is 0 Å². The maximum Gasteiger partial charge on any atom is 0.304 e. The van der Waals surface area contributed by atoms with Crippen molar-refractivity contribution in [2.24, 2.45) is 17.1 Å². The van der Waals surface area contributed by atoms with E-state index < -0.39 is 5.97 Å². The smallest absolute Gasteiger partial charge is 0.304 e. The molecule has 0 radical (unpaired) electrons. The van der Waals surface area contributed by atoms with Gasteiger partial charge in [-0.05, 0) is 25.7 Å². The van der Waals surface area contributed by atoms with Crippen LogP contribution < -0.4 is 5.73 Å². The molecule has 1 fully saturated rings. The van der Waals surface area contributed by atoms with Crippen LogP contribution in [0.3, 0.4) is 0 Å². The third-order valence-corrected chi connectivity index (χ3v) is 3.19. The SMILES string of the molecule is COCC(CC(=O)O)(C(C)N)C1CC1. The average Bonchev–Trinajstić information content (AvgIpc) is 2.84. The van der Waals surface area contributed by atoms with E-state index in [1.165, 1.54) is 0 Å². The van der Waals surface area contributed by atoms with E-state index in [1.54, 1.807) is 7.11 Å². The highest BCUT2D eigenvalue weighted by molar-refractivity contribution is 5.68. The van der Waals surface area contributed by atoms with E-state index in [4.69, 9.17) is 15.6 Å². The van der Waals surface area contributed by atoms with Gasteiger partial charge in [-0.2, -0.15) is 0 Å². The quantitative estimate of drug-likeness (QED) is 0.668. The minimum atomic E-state index is -0.786. The summed E-state index contributed by atoms with van der Waals surface area (Å²) >= 11 is 0. The first kappa shape index (κ1) is 11.5. The van der Waals surface area contributed by atoms with Crippen LogP contribution in [-0.4, -0.2) is 30.8 Å². The zero-order valence-corrected chi connectivity index (χ0v) is 8.82. The van der Waals surface area contributed by atoms with Gasteiger partial charge in [0.1, 0.15) is 0 Å². The summed E-state index contributed by atoms with van der Waals surface area (Å²) < 4.78 is 5.13. The Morgan fingerprint density at radius 3 is 2.57 bits per heavy atom. The second-order valence-electron chi connectivity index (χ2n) is 4.30. The minimum Gasteiger partial charge on any atom is -0.481 e. The number of carboxylic acid groups (broad SMARTS) is 1. The Morgan fingerprint density at radius 1 is 1.71 bits per heavy atom. The van der Waals surface area contributed by atoms with E-state index in [9.17, 15) is 4.79 Å². The Labute approximate surface area is 84.4 Å². The molecule has 0 aliphatic heterocycles. The predicted molar refractivity (Wildman–Crippen MR) is 52.9 cm³/mol. The van der Waals surface area contributed by atoms with E-state index in [-0.39, 0.29) is 17.9 Å². The number of aliphatic carboxylic acids is 1. The van der Waals surface area contributed by atoms with Crippen LogP contribution in [0.15, 0.2) is 0 Å². The summed E-state index contributed by atoms with van der Waals surface area (Å²) in [7, 11) is 1.60. The molecule has 0 saturated heterocycles. The molecular weight excluding hydrogens is 182 g/mol. The number of methoxy groups -OCH3 is 1. The molecule has 0 aromatic rings. The van der Waals surface area contributed by atoms with Gasteiger partial charge in [-0.15, -0.1) is 0 Å². The third-order valence-electron chi connectivity index (χ3n) is 3.19. The zero-order chi connectivity index (χ0) is 10.8. The largest absolute Gasteiger partial charge is 0.481 e. The van der Waals surface area contributed by atoms with Crippen LogP contribution in [0.4, 0.5) is 0 Å². The molecule has 82 valence electrons. The fourth-order valence-corrected chi connectivity index (χ4v) is 2.19. The lowest BCUT2D eigenvalue weighted by Gasteiger charge is -2.35. The first-order chi connectivity index (χ1) is 6.53. The summed E-state index contributed by atoms with van der Waals surface area (Å²) in [6.07, 6.45) is 2.28. The van der Waals surface area contributed by atoms with Crippen molar-refractivity contribution in [1.29, 1.82) is 0 Å². The van der Waals surface area contributed by atoms with Crippen LogP contribution in [0, 0.1) is 11.3 Å². The van der Waals surface area contributed by atoms with Gasteiger partial charge in [0, 0.05) is 18.6 Å². The lowest BCUT2D eigenvalue weighted by Crippen LogP contribution is -2.46. The molecule has 0 bridgehead atoms. The number of ether oxygens (including phenoxy) is 1. The van der Waals surface area contributed by atoms with E-state index in [0.717, 1.165) is 12.8 Å². The number of carbonyl (C=O) groups is 1. The standard InChI is InChI=1S/C10H19NO3/c1-7(11)10(6-14-2,5-9(12)13)8-3-4-8/h7-8H,3-6,11H2,1-2H3,(H,12,13). The summed E-state index contributed by atoms with van der Waals surface area (Å²) in [5.41, 5.74) is 5.54. The van der Waals surface area contributed by atoms with Crippen LogP contribution in [0.5, 0.6) is 0 Å². The Bertz CT molecular complexity index is 209. The van der Waals surface area contributed by atoms with Gasteiger partial charge in [-0.3, -0.25) is 4.79 Å². The van der Waals surface area contributed by atoms with Gasteiger partial charge in [0.05, 0.1) is 13.0 Å². The number of carboxylic acids is 1. The first-order valence-corrected chi connectivity index (χ1v) is 4.99. The number of nitrogens with two attached hydrogens (primary N) is 1. The molecule has 4 nitrogen and oxygen atoms in total. The van der Waals surface area contributed by atoms with E-state index >= 15 is 0 Å². The molecule has 2 unspecified atom stereocenters. The first-order valence-electron chi connectivity index (χ1n) is 4.99. The number of rotatable bonds is 6. The van der Waals surface area contributed by atoms with Crippen molar-refractivity contribution in [3.05, 3.63) is 0 Å². The van der Waals surface area contributed by atoms with Gasteiger partial charge < -0.3 is 15.6 Å². The molecule has 1 aliphatic rings. The van der Waals surface area contributed by atoms with Gasteiger partial charge in [-0.1, -0.05) is 0 Å². The number of hydrogen-bond donors (Lipinski definition) is 2. The van der Waals surface area contributed by atoms with E-state index in [1.807, 2.05) is 6.92 Å². The molecule has 1 saturated carbocycles. The molecule has 2 atom stereocenters. The van der Waals surface area contributed by atoms with Crippen molar-refractivity contribution in [2.45, 2.75) is 32.2 Å². The van der Waals surface area contributed by atoms with Crippen molar-refractivity contribution in [3.8, 4) is 0 Å². The summed E-state index contributed by atoms with van der Waals surface area (Å²) in [5, 5.41) is 8.89. The molecule has 14 heavy (non-hydrogen) atoms. The highest BCUT2D eigenvalue weighted by Crippen LogP contribution is 2.49.